The van der Waals surface area contributed by atoms with Crippen LogP contribution in [0.25, 0.3) is 0 Å². The zero-order chi connectivity index (χ0) is 13.7. The van der Waals surface area contributed by atoms with E-state index in [1.165, 1.54) is 7.11 Å². The Labute approximate surface area is 111 Å². The molecule has 0 saturated carbocycles. The Morgan fingerprint density at radius 3 is 2.74 bits per heavy atom. The van der Waals surface area contributed by atoms with E-state index < -0.39 is 0 Å². The van der Waals surface area contributed by atoms with Crippen LogP contribution in [-0.2, 0) is 0 Å². The minimum absolute atomic E-state index is 0.454. The molecule has 19 heavy (non-hydrogen) atoms. The van der Waals surface area contributed by atoms with E-state index in [2.05, 4.69) is 10.3 Å². The highest BCUT2D eigenvalue weighted by atomic mass is 16.5. The fourth-order valence-corrected chi connectivity index (χ4v) is 1.55. The Morgan fingerprint density at radius 1 is 1.21 bits per heavy atom. The SMILES string of the molecule is CNc1cccc(Oc2ccc(C#N)cc2OC)n1. The first kappa shape index (κ1) is 12.7. The summed E-state index contributed by atoms with van der Waals surface area (Å²) in [7, 11) is 3.31. The van der Waals surface area contributed by atoms with Gasteiger partial charge < -0.3 is 14.8 Å². The minimum atomic E-state index is 0.454. The number of hydrogen-bond acceptors (Lipinski definition) is 5. The molecule has 5 heteroatoms. The van der Waals surface area contributed by atoms with Gasteiger partial charge in [0.15, 0.2) is 11.5 Å². The average Bonchev–Trinajstić information content (AvgIpc) is 2.48. The highest BCUT2D eigenvalue weighted by molar-refractivity contribution is 5.48. The first-order chi connectivity index (χ1) is 9.26. The Balaban J connectivity index is 2.30. The molecule has 0 unspecified atom stereocenters. The zero-order valence-electron chi connectivity index (χ0n) is 10.7. The summed E-state index contributed by atoms with van der Waals surface area (Å²) in [5, 5.41) is 11.8. The largest absolute Gasteiger partial charge is 0.493 e. The molecule has 0 amide bonds. The Morgan fingerprint density at radius 2 is 2.05 bits per heavy atom. The quantitative estimate of drug-likeness (QED) is 0.909. The molecule has 1 aromatic carbocycles. The summed E-state index contributed by atoms with van der Waals surface area (Å²) in [4.78, 5) is 4.25. The number of ether oxygens (including phenoxy) is 2. The molecule has 0 saturated heterocycles. The van der Waals surface area contributed by atoms with Gasteiger partial charge in [0.2, 0.25) is 5.88 Å². The number of anilines is 1. The highest BCUT2D eigenvalue weighted by Gasteiger charge is 2.08. The molecule has 0 aliphatic carbocycles. The van der Waals surface area contributed by atoms with Gasteiger partial charge in [0.1, 0.15) is 5.82 Å². The van der Waals surface area contributed by atoms with Gasteiger partial charge in [-0.3, -0.25) is 0 Å². The number of hydrogen-bond donors (Lipinski definition) is 1. The zero-order valence-corrected chi connectivity index (χ0v) is 10.7. The Kier molecular flexibility index (Phi) is 3.84. The van der Waals surface area contributed by atoms with Gasteiger partial charge in [0.25, 0.3) is 0 Å². The molecule has 5 nitrogen and oxygen atoms in total. The van der Waals surface area contributed by atoms with Crippen LogP contribution in [0.5, 0.6) is 17.4 Å². The van der Waals surface area contributed by atoms with Crippen LogP contribution in [0, 0.1) is 11.3 Å². The van der Waals surface area contributed by atoms with Crippen molar-refractivity contribution in [2.75, 3.05) is 19.5 Å². The van der Waals surface area contributed by atoms with Gasteiger partial charge in [0, 0.05) is 19.2 Å². The third-order valence-electron chi connectivity index (χ3n) is 2.49. The minimum Gasteiger partial charge on any atom is -0.493 e. The van der Waals surface area contributed by atoms with Crippen LogP contribution in [0.1, 0.15) is 5.56 Å². The normalized spacial score (nSPS) is 9.53. The van der Waals surface area contributed by atoms with Crippen molar-refractivity contribution in [3.63, 3.8) is 0 Å². The van der Waals surface area contributed by atoms with Crippen molar-refractivity contribution in [3.8, 4) is 23.4 Å². The molecule has 1 aromatic heterocycles. The van der Waals surface area contributed by atoms with Crippen LogP contribution >= 0.6 is 0 Å². The fourth-order valence-electron chi connectivity index (χ4n) is 1.55. The molecule has 96 valence electrons. The summed E-state index contributed by atoms with van der Waals surface area (Å²) in [5.41, 5.74) is 0.515. The summed E-state index contributed by atoms with van der Waals surface area (Å²) >= 11 is 0. The maximum Gasteiger partial charge on any atom is 0.221 e. The van der Waals surface area contributed by atoms with Crippen molar-refractivity contribution in [3.05, 3.63) is 42.0 Å². The first-order valence-electron chi connectivity index (χ1n) is 5.67. The van der Waals surface area contributed by atoms with Crippen molar-refractivity contribution >= 4 is 5.82 Å². The summed E-state index contributed by atoms with van der Waals surface area (Å²) in [6.07, 6.45) is 0. The molecule has 1 heterocycles. The lowest BCUT2D eigenvalue weighted by atomic mass is 10.2. The number of aromatic nitrogens is 1. The number of benzene rings is 1. The van der Waals surface area contributed by atoms with E-state index in [4.69, 9.17) is 14.7 Å². The van der Waals surface area contributed by atoms with Gasteiger partial charge in [0.05, 0.1) is 18.7 Å². The molecule has 2 aromatic rings. The topological polar surface area (TPSA) is 67.2 Å². The van der Waals surface area contributed by atoms with Crippen molar-refractivity contribution in [1.29, 1.82) is 5.26 Å². The molecule has 0 spiro atoms. The molecular weight excluding hydrogens is 242 g/mol. The predicted octanol–water partition coefficient (Wildman–Crippen LogP) is 2.80. The van der Waals surface area contributed by atoms with E-state index in [1.807, 2.05) is 18.2 Å². The van der Waals surface area contributed by atoms with E-state index in [0.29, 0.717) is 28.8 Å². The van der Waals surface area contributed by atoms with Crippen molar-refractivity contribution in [2.24, 2.45) is 0 Å². The van der Waals surface area contributed by atoms with Gasteiger partial charge >= 0.3 is 0 Å². The Bertz CT molecular complexity index is 620. The maximum atomic E-state index is 8.84. The number of pyridine rings is 1. The molecule has 0 radical (unpaired) electrons. The summed E-state index contributed by atoms with van der Waals surface area (Å²) in [5.74, 6) is 2.18. The lowest BCUT2D eigenvalue weighted by Crippen LogP contribution is -1.96. The standard InChI is InChI=1S/C14H13N3O2/c1-16-13-4-3-5-14(17-13)19-11-7-6-10(9-15)8-12(11)18-2/h3-8H,1-2H3,(H,16,17). The van der Waals surface area contributed by atoms with Crippen LogP contribution in [0.4, 0.5) is 5.82 Å². The van der Waals surface area contributed by atoms with Crippen LogP contribution in [0.2, 0.25) is 0 Å². The summed E-state index contributed by atoms with van der Waals surface area (Å²) in [6.45, 7) is 0. The smallest absolute Gasteiger partial charge is 0.221 e. The van der Waals surface area contributed by atoms with Gasteiger partial charge in [-0.15, -0.1) is 0 Å². The Hall–Kier alpha value is -2.74. The van der Waals surface area contributed by atoms with Crippen LogP contribution in [0.15, 0.2) is 36.4 Å². The number of rotatable bonds is 4. The molecular formula is C14H13N3O2. The molecule has 0 aliphatic rings. The van der Waals surface area contributed by atoms with E-state index in [9.17, 15) is 0 Å². The van der Waals surface area contributed by atoms with Crippen molar-refractivity contribution in [2.45, 2.75) is 0 Å². The third kappa shape index (κ3) is 2.93. The van der Waals surface area contributed by atoms with Gasteiger partial charge in [-0.05, 0) is 18.2 Å². The van der Waals surface area contributed by atoms with Crippen LogP contribution < -0.4 is 14.8 Å². The third-order valence-corrected chi connectivity index (χ3v) is 2.49. The fraction of sp³-hybridized carbons (Fsp3) is 0.143. The van der Waals surface area contributed by atoms with Gasteiger partial charge in [-0.1, -0.05) is 6.07 Å². The second-order valence-corrected chi connectivity index (χ2v) is 3.69. The van der Waals surface area contributed by atoms with E-state index in [-0.39, 0.29) is 0 Å². The second-order valence-electron chi connectivity index (χ2n) is 3.69. The lowest BCUT2D eigenvalue weighted by molar-refractivity contribution is 0.374. The van der Waals surface area contributed by atoms with E-state index >= 15 is 0 Å². The molecule has 0 atom stereocenters. The molecule has 0 aliphatic heterocycles. The van der Waals surface area contributed by atoms with Gasteiger partial charge in [-0.25, -0.2) is 0 Å². The van der Waals surface area contributed by atoms with E-state index in [0.717, 1.165) is 0 Å². The number of nitrogens with one attached hydrogen (secondary N) is 1. The van der Waals surface area contributed by atoms with E-state index in [1.54, 1.807) is 31.3 Å². The average molecular weight is 255 g/mol. The number of nitriles is 1. The van der Waals surface area contributed by atoms with Gasteiger partial charge in [-0.2, -0.15) is 10.2 Å². The molecule has 0 bridgehead atoms. The summed E-state index contributed by atoms with van der Waals surface area (Å²) in [6, 6.07) is 12.4. The van der Waals surface area contributed by atoms with Crippen molar-refractivity contribution in [1.82, 2.24) is 4.98 Å². The second kappa shape index (κ2) is 5.74. The molecule has 0 fully saturated rings. The highest BCUT2D eigenvalue weighted by Crippen LogP contribution is 2.31. The first-order valence-corrected chi connectivity index (χ1v) is 5.67. The molecule has 2 rings (SSSR count). The van der Waals surface area contributed by atoms with Crippen LogP contribution in [0.3, 0.4) is 0 Å². The maximum absolute atomic E-state index is 8.84. The number of nitrogens with zero attached hydrogens (tertiary/aromatic N) is 2. The van der Waals surface area contributed by atoms with Crippen molar-refractivity contribution < 1.29 is 9.47 Å². The molecule has 1 N–H and O–H groups in total. The predicted molar refractivity (Wildman–Crippen MR) is 71.6 cm³/mol. The number of methoxy groups -OCH3 is 1. The summed E-state index contributed by atoms with van der Waals surface area (Å²) < 4.78 is 10.9. The van der Waals surface area contributed by atoms with Crippen LogP contribution in [-0.4, -0.2) is 19.1 Å². The monoisotopic (exact) mass is 255 g/mol. The lowest BCUT2D eigenvalue weighted by Gasteiger charge is -2.10.